The van der Waals surface area contributed by atoms with Gasteiger partial charge >= 0.3 is 0 Å². The number of anilines is 5. The molecule has 2 aromatic carbocycles. The Morgan fingerprint density at radius 2 is 1.86 bits per heavy atom. The van der Waals surface area contributed by atoms with E-state index >= 15 is 0 Å². The molecule has 44 heavy (non-hydrogen) atoms. The third-order valence-electron chi connectivity index (χ3n) is 6.96. The fourth-order valence-corrected chi connectivity index (χ4v) is 4.72. The zero-order chi connectivity index (χ0) is 31.5. The van der Waals surface area contributed by atoms with Gasteiger partial charge in [-0.25, -0.2) is 4.98 Å². The van der Waals surface area contributed by atoms with Crippen molar-refractivity contribution in [3.8, 4) is 0 Å². The number of hydrogen-bond donors (Lipinski definition) is 5. The van der Waals surface area contributed by atoms with E-state index in [1.165, 1.54) is 6.20 Å². The molecule has 3 amide bonds. The van der Waals surface area contributed by atoms with Gasteiger partial charge in [-0.1, -0.05) is 19.1 Å². The Balaban J connectivity index is 1.41. The minimum absolute atomic E-state index is 0.0243. The van der Waals surface area contributed by atoms with Gasteiger partial charge in [0.2, 0.25) is 17.8 Å². The van der Waals surface area contributed by atoms with Crippen LogP contribution in [0.25, 0.3) is 0 Å². The second kappa shape index (κ2) is 15.5. The van der Waals surface area contributed by atoms with E-state index < -0.39 is 5.91 Å². The maximum Gasteiger partial charge on any atom is 0.260 e. The number of piperidine rings is 1. The van der Waals surface area contributed by atoms with Crippen LogP contribution in [0.4, 0.5) is 28.8 Å². The maximum atomic E-state index is 13.3. The number of nitrogens with two attached hydrogens (primary N) is 1. The number of rotatable bonds is 13. The lowest BCUT2D eigenvalue weighted by Gasteiger charge is -2.33. The molecule has 1 saturated heterocycles. The zero-order valence-electron chi connectivity index (χ0n) is 25.5. The van der Waals surface area contributed by atoms with Crippen LogP contribution in [0.3, 0.4) is 0 Å². The number of likely N-dealkylation sites (N-methyl/N-ethyl adjacent to an activating group) is 1. The molecular formula is C32H41N9O3. The second-order valence-corrected chi connectivity index (χ2v) is 10.9. The number of nitrogens with one attached hydrogen (secondary N) is 4. The normalized spacial score (nSPS) is 14.8. The molecule has 0 bridgehead atoms. The van der Waals surface area contributed by atoms with Crippen LogP contribution >= 0.6 is 0 Å². The largest absolute Gasteiger partial charge is 0.380 e. The molecule has 12 nitrogen and oxygen atoms in total. The summed E-state index contributed by atoms with van der Waals surface area (Å²) >= 11 is 0. The van der Waals surface area contributed by atoms with E-state index in [2.05, 4.69) is 31.2 Å². The van der Waals surface area contributed by atoms with Gasteiger partial charge in [-0.15, -0.1) is 0 Å². The first-order valence-corrected chi connectivity index (χ1v) is 14.8. The molecule has 0 saturated carbocycles. The van der Waals surface area contributed by atoms with Crippen LogP contribution in [0.2, 0.25) is 0 Å². The molecule has 2 heterocycles. The topological polar surface area (TPSA) is 158 Å². The van der Waals surface area contributed by atoms with Crippen molar-refractivity contribution in [2.45, 2.75) is 32.2 Å². The van der Waals surface area contributed by atoms with Crippen LogP contribution in [0.1, 0.15) is 46.9 Å². The smallest absolute Gasteiger partial charge is 0.260 e. The highest BCUT2D eigenvalue weighted by atomic mass is 16.2. The Morgan fingerprint density at radius 3 is 2.59 bits per heavy atom. The van der Waals surface area contributed by atoms with Crippen molar-refractivity contribution < 1.29 is 14.4 Å². The lowest BCUT2D eigenvalue weighted by atomic mass is 10.0. The van der Waals surface area contributed by atoms with E-state index in [1.807, 2.05) is 61.2 Å². The molecule has 3 aromatic rings. The van der Waals surface area contributed by atoms with Crippen LogP contribution < -0.4 is 27.0 Å². The average molecular weight is 600 g/mol. The minimum Gasteiger partial charge on any atom is -0.380 e. The fraction of sp³-hybridized carbons (Fsp3) is 0.344. The number of amides is 3. The van der Waals surface area contributed by atoms with Crippen molar-refractivity contribution in [2.24, 2.45) is 5.73 Å². The van der Waals surface area contributed by atoms with E-state index in [1.54, 1.807) is 30.3 Å². The number of nitrogens with zero attached hydrogens (tertiary/aromatic N) is 4. The van der Waals surface area contributed by atoms with Crippen molar-refractivity contribution in [3.05, 3.63) is 78.0 Å². The maximum absolute atomic E-state index is 13.3. The Morgan fingerprint density at radius 1 is 1.09 bits per heavy atom. The quantitative estimate of drug-likeness (QED) is 0.184. The monoisotopic (exact) mass is 599 g/mol. The molecule has 0 radical (unpaired) electrons. The molecule has 1 fully saturated rings. The lowest BCUT2D eigenvalue weighted by molar-refractivity contribution is -0.127. The number of primary amides is 1. The summed E-state index contributed by atoms with van der Waals surface area (Å²) < 4.78 is 0. The third-order valence-corrected chi connectivity index (χ3v) is 6.96. The van der Waals surface area contributed by atoms with E-state index in [4.69, 9.17) is 5.73 Å². The second-order valence-electron chi connectivity index (χ2n) is 10.9. The summed E-state index contributed by atoms with van der Waals surface area (Å²) in [6.45, 7) is 4.72. The Bertz CT molecular complexity index is 1470. The van der Waals surface area contributed by atoms with E-state index in [-0.39, 0.29) is 17.9 Å². The molecule has 0 aliphatic carbocycles. The van der Waals surface area contributed by atoms with Gasteiger partial charge in [-0.3, -0.25) is 14.4 Å². The summed E-state index contributed by atoms with van der Waals surface area (Å²) in [6.07, 6.45) is 7.71. The van der Waals surface area contributed by atoms with E-state index in [9.17, 15) is 14.4 Å². The number of benzene rings is 2. The summed E-state index contributed by atoms with van der Waals surface area (Å²) in [7, 11) is 3.93. The summed E-state index contributed by atoms with van der Waals surface area (Å²) in [6, 6.07) is 14.3. The highest BCUT2D eigenvalue weighted by molar-refractivity contribution is 6.07. The first-order valence-electron chi connectivity index (χ1n) is 14.8. The van der Waals surface area contributed by atoms with Crippen LogP contribution in [-0.4, -0.2) is 83.8 Å². The molecule has 1 unspecified atom stereocenters. The standard InChI is InChI=1S/C32H41N9O3/c1-4-16-34-30-27(20-35-32(39-30)38-23-14-12-22(13-15-23)29(33)43)31(44)37-25-9-5-8-24(19-25)36-26-10-6-18-41(21-26)28(42)11-7-17-40(2)3/h5,7-9,11-15,19-20,26,36H,4,6,10,16-18,21H2,1-3H3,(H2,33,43)(H,37,44)(H2,34,35,38,39)/b11-7+. The summed E-state index contributed by atoms with van der Waals surface area (Å²) in [4.78, 5) is 50.1. The molecule has 1 aromatic heterocycles. The first kappa shape index (κ1) is 32.0. The Hall–Kier alpha value is -4.97. The Labute approximate surface area is 258 Å². The average Bonchev–Trinajstić information content (AvgIpc) is 3.00. The molecule has 1 aliphatic heterocycles. The number of carbonyl (C=O) groups excluding carboxylic acids is 3. The first-order chi connectivity index (χ1) is 21.2. The molecule has 6 N–H and O–H groups in total. The Kier molecular flexibility index (Phi) is 11.2. The van der Waals surface area contributed by atoms with Crippen molar-refractivity contribution >= 4 is 46.5 Å². The predicted octanol–water partition coefficient (Wildman–Crippen LogP) is 3.91. The van der Waals surface area contributed by atoms with Gasteiger partial charge in [0.15, 0.2) is 0 Å². The summed E-state index contributed by atoms with van der Waals surface area (Å²) in [5, 5.41) is 12.8. The van der Waals surface area contributed by atoms with Crippen LogP contribution in [-0.2, 0) is 4.79 Å². The minimum atomic E-state index is -0.507. The molecule has 1 atom stereocenters. The van der Waals surface area contributed by atoms with Gasteiger partial charge in [0, 0.05) is 67.1 Å². The number of likely N-dealkylation sites (tertiary alicyclic amines) is 1. The van der Waals surface area contributed by atoms with Crippen LogP contribution in [0.5, 0.6) is 0 Å². The molecule has 12 heteroatoms. The van der Waals surface area contributed by atoms with E-state index in [0.29, 0.717) is 47.4 Å². The number of aromatic nitrogens is 2. The van der Waals surface area contributed by atoms with E-state index in [0.717, 1.165) is 38.0 Å². The molecule has 232 valence electrons. The van der Waals surface area contributed by atoms with Crippen LogP contribution in [0, 0.1) is 0 Å². The van der Waals surface area contributed by atoms with Gasteiger partial charge in [-0.05, 0) is 75.8 Å². The van der Waals surface area contributed by atoms with Gasteiger partial charge in [0.1, 0.15) is 11.4 Å². The van der Waals surface area contributed by atoms with Gasteiger partial charge in [-0.2, -0.15) is 4.98 Å². The lowest BCUT2D eigenvalue weighted by Crippen LogP contribution is -2.44. The molecular weight excluding hydrogens is 558 g/mol. The molecule has 4 rings (SSSR count). The molecule has 0 spiro atoms. The fourth-order valence-electron chi connectivity index (χ4n) is 4.72. The van der Waals surface area contributed by atoms with Crippen molar-refractivity contribution in [2.75, 3.05) is 61.5 Å². The van der Waals surface area contributed by atoms with Gasteiger partial charge in [0.25, 0.3) is 5.91 Å². The third kappa shape index (κ3) is 9.27. The van der Waals surface area contributed by atoms with Crippen molar-refractivity contribution in [1.29, 1.82) is 0 Å². The number of hydrogen-bond acceptors (Lipinski definition) is 9. The highest BCUT2D eigenvalue weighted by Crippen LogP contribution is 2.23. The SMILES string of the molecule is CCCNc1nc(Nc2ccc(C(N)=O)cc2)ncc1C(=O)Nc1cccc(NC2CCCN(C(=O)/C=C/CN(C)C)C2)c1. The summed E-state index contributed by atoms with van der Waals surface area (Å²) in [5.74, 6) is -0.136. The van der Waals surface area contributed by atoms with Crippen molar-refractivity contribution in [3.63, 3.8) is 0 Å². The predicted molar refractivity (Wildman–Crippen MR) is 174 cm³/mol. The highest BCUT2D eigenvalue weighted by Gasteiger charge is 2.22. The van der Waals surface area contributed by atoms with Gasteiger partial charge in [0.05, 0.1) is 0 Å². The molecule has 1 aliphatic rings. The summed E-state index contributed by atoms with van der Waals surface area (Å²) in [5.41, 5.74) is 8.16. The zero-order valence-corrected chi connectivity index (χ0v) is 25.5. The number of carbonyl (C=O) groups is 3. The van der Waals surface area contributed by atoms with Crippen molar-refractivity contribution in [1.82, 2.24) is 19.8 Å². The van der Waals surface area contributed by atoms with Crippen LogP contribution in [0.15, 0.2) is 66.9 Å². The van der Waals surface area contributed by atoms with Gasteiger partial charge < -0.3 is 36.8 Å².